The van der Waals surface area contributed by atoms with Crippen molar-refractivity contribution in [3.05, 3.63) is 158 Å². The van der Waals surface area contributed by atoms with Crippen molar-refractivity contribution in [2.45, 2.75) is 6.92 Å². The number of benzene rings is 6. The Labute approximate surface area is 251 Å². The van der Waals surface area contributed by atoms with Crippen LogP contribution in [0.5, 0.6) is 0 Å². The molecule has 8 rings (SSSR count). The molecule has 43 heavy (non-hydrogen) atoms. The quantitative estimate of drug-likeness (QED) is 0.204. The summed E-state index contributed by atoms with van der Waals surface area (Å²) < 4.78 is 0. The van der Waals surface area contributed by atoms with Crippen molar-refractivity contribution < 1.29 is 0 Å². The van der Waals surface area contributed by atoms with Crippen molar-refractivity contribution in [1.82, 2.24) is 9.97 Å². The number of nitrogens with zero attached hydrogens (tertiary/aromatic N) is 2. The third-order valence-electron chi connectivity index (χ3n) is 8.51. The minimum absolute atomic E-state index is 1.000. The molecule has 2 aromatic heterocycles. The van der Waals surface area contributed by atoms with Gasteiger partial charge in [-0.25, -0.2) is 0 Å². The SMILES string of the molecule is Cc1ncccc1-c1cncc(-c2cccc(-c3c4ccccc4c(-c4ccc5ccccc5c4)c4ccccc34)c2)c1. The molecule has 202 valence electrons. The molecule has 0 atom stereocenters. The van der Waals surface area contributed by atoms with Crippen molar-refractivity contribution in [2.24, 2.45) is 0 Å². The molecule has 2 heteroatoms. The van der Waals surface area contributed by atoms with Gasteiger partial charge in [-0.1, -0.05) is 109 Å². The van der Waals surface area contributed by atoms with E-state index < -0.39 is 0 Å². The first kappa shape index (κ1) is 25.1. The van der Waals surface area contributed by atoms with Crippen LogP contribution < -0.4 is 0 Å². The molecule has 2 nitrogen and oxygen atoms in total. The van der Waals surface area contributed by atoms with E-state index >= 15 is 0 Å². The third-order valence-corrected chi connectivity index (χ3v) is 8.51. The Kier molecular flexibility index (Phi) is 6.05. The van der Waals surface area contributed by atoms with Crippen LogP contribution in [0.4, 0.5) is 0 Å². The Bertz CT molecular complexity index is 2260. The summed E-state index contributed by atoms with van der Waals surface area (Å²) in [7, 11) is 0. The molecule has 0 spiro atoms. The van der Waals surface area contributed by atoms with Crippen molar-refractivity contribution in [3.8, 4) is 44.5 Å². The summed E-state index contributed by atoms with van der Waals surface area (Å²) in [6.07, 6.45) is 5.71. The van der Waals surface area contributed by atoms with E-state index in [1.807, 2.05) is 31.6 Å². The molecule has 0 saturated carbocycles. The maximum atomic E-state index is 4.62. The van der Waals surface area contributed by atoms with Crippen molar-refractivity contribution in [1.29, 1.82) is 0 Å². The lowest BCUT2D eigenvalue weighted by Crippen LogP contribution is -1.92. The van der Waals surface area contributed by atoms with Gasteiger partial charge >= 0.3 is 0 Å². The molecule has 0 saturated heterocycles. The monoisotopic (exact) mass is 548 g/mol. The molecule has 2 heterocycles. The Hall–Kier alpha value is -5.60. The first-order chi connectivity index (χ1) is 21.2. The van der Waals surface area contributed by atoms with Gasteiger partial charge in [0.25, 0.3) is 0 Å². The van der Waals surface area contributed by atoms with E-state index in [-0.39, 0.29) is 0 Å². The smallest absolute Gasteiger partial charge is 0.0451 e. The van der Waals surface area contributed by atoms with Gasteiger partial charge in [0.1, 0.15) is 0 Å². The maximum absolute atomic E-state index is 4.62. The molecule has 0 aliphatic carbocycles. The Morgan fingerprint density at radius 1 is 0.419 bits per heavy atom. The van der Waals surface area contributed by atoms with E-state index in [0.717, 1.165) is 27.9 Å². The average molecular weight is 549 g/mol. The average Bonchev–Trinajstić information content (AvgIpc) is 3.07. The van der Waals surface area contributed by atoms with Gasteiger partial charge in [-0.2, -0.15) is 0 Å². The van der Waals surface area contributed by atoms with Crippen LogP contribution in [0.25, 0.3) is 76.8 Å². The lowest BCUT2D eigenvalue weighted by atomic mass is 9.85. The first-order valence-corrected chi connectivity index (χ1v) is 14.6. The fraction of sp³-hybridized carbons (Fsp3) is 0.0244. The zero-order valence-corrected chi connectivity index (χ0v) is 23.8. The maximum Gasteiger partial charge on any atom is 0.0451 e. The van der Waals surface area contributed by atoms with Crippen LogP contribution in [-0.2, 0) is 0 Å². The number of hydrogen-bond donors (Lipinski definition) is 0. The molecular formula is C41H28N2. The highest BCUT2D eigenvalue weighted by Crippen LogP contribution is 2.44. The van der Waals surface area contributed by atoms with Gasteiger partial charge in [0.15, 0.2) is 0 Å². The van der Waals surface area contributed by atoms with Crippen LogP contribution in [-0.4, -0.2) is 9.97 Å². The topological polar surface area (TPSA) is 25.8 Å². The van der Waals surface area contributed by atoms with Crippen molar-refractivity contribution in [3.63, 3.8) is 0 Å². The normalized spacial score (nSPS) is 11.4. The molecule has 0 aliphatic heterocycles. The summed E-state index contributed by atoms with van der Waals surface area (Å²) >= 11 is 0. The van der Waals surface area contributed by atoms with E-state index in [0.29, 0.717) is 0 Å². The second-order valence-electron chi connectivity index (χ2n) is 11.1. The van der Waals surface area contributed by atoms with Crippen LogP contribution >= 0.6 is 0 Å². The summed E-state index contributed by atoms with van der Waals surface area (Å²) in [6.45, 7) is 2.04. The molecule has 0 radical (unpaired) electrons. The summed E-state index contributed by atoms with van der Waals surface area (Å²) in [5.74, 6) is 0. The van der Waals surface area contributed by atoms with E-state index in [9.17, 15) is 0 Å². The summed E-state index contributed by atoms with van der Waals surface area (Å²) in [5.41, 5.74) is 10.4. The largest absolute Gasteiger partial charge is 0.263 e. The lowest BCUT2D eigenvalue weighted by molar-refractivity contribution is 1.20. The predicted octanol–water partition coefficient (Wildman–Crippen LogP) is 10.9. The molecule has 0 fully saturated rings. The molecule has 8 aromatic rings. The zero-order valence-electron chi connectivity index (χ0n) is 23.8. The minimum atomic E-state index is 1.000. The summed E-state index contributed by atoms with van der Waals surface area (Å²) in [5, 5.41) is 7.52. The highest BCUT2D eigenvalue weighted by Gasteiger charge is 2.17. The molecule has 0 aliphatic rings. The van der Waals surface area contributed by atoms with Gasteiger partial charge in [0.2, 0.25) is 0 Å². The number of aryl methyl sites for hydroxylation is 1. The summed E-state index contributed by atoms with van der Waals surface area (Å²) in [4.78, 5) is 9.11. The molecular weight excluding hydrogens is 520 g/mol. The Morgan fingerprint density at radius 3 is 1.70 bits per heavy atom. The van der Waals surface area contributed by atoms with Gasteiger partial charge in [0, 0.05) is 41.0 Å². The number of fused-ring (bicyclic) bond motifs is 3. The molecule has 0 bridgehead atoms. The van der Waals surface area contributed by atoms with Crippen LogP contribution in [0.1, 0.15) is 5.69 Å². The van der Waals surface area contributed by atoms with Gasteiger partial charge in [-0.3, -0.25) is 9.97 Å². The molecule has 6 aromatic carbocycles. The highest BCUT2D eigenvalue weighted by molar-refractivity contribution is 6.21. The van der Waals surface area contributed by atoms with Crippen molar-refractivity contribution >= 4 is 32.3 Å². The first-order valence-electron chi connectivity index (χ1n) is 14.6. The standard InChI is InChI=1S/C41H28N2/c1-27-35(18-9-21-43-27)34-24-33(25-42-26-34)30-12-8-13-31(23-30)40-36-14-4-6-16-38(36)41(39-17-7-5-15-37(39)40)32-20-19-28-10-2-3-11-29(28)22-32/h2-26H,1H3. The van der Waals surface area contributed by atoms with E-state index in [4.69, 9.17) is 0 Å². The molecule has 0 amide bonds. The second-order valence-corrected chi connectivity index (χ2v) is 11.1. The lowest BCUT2D eigenvalue weighted by Gasteiger charge is -2.18. The number of pyridine rings is 2. The van der Waals surface area contributed by atoms with Gasteiger partial charge in [-0.05, 0) is 91.3 Å². The molecule has 0 N–H and O–H groups in total. The van der Waals surface area contributed by atoms with Gasteiger partial charge < -0.3 is 0 Å². The number of rotatable bonds is 4. The summed E-state index contributed by atoms with van der Waals surface area (Å²) in [6, 6.07) is 48.3. The number of aromatic nitrogens is 2. The van der Waals surface area contributed by atoms with Crippen LogP contribution in [0.3, 0.4) is 0 Å². The van der Waals surface area contributed by atoms with Gasteiger partial charge in [-0.15, -0.1) is 0 Å². The van der Waals surface area contributed by atoms with E-state index in [2.05, 4.69) is 137 Å². The second kappa shape index (κ2) is 10.3. The number of hydrogen-bond acceptors (Lipinski definition) is 2. The Morgan fingerprint density at radius 2 is 1.00 bits per heavy atom. The Balaban J connectivity index is 1.34. The van der Waals surface area contributed by atoms with Crippen molar-refractivity contribution in [2.75, 3.05) is 0 Å². The fourth-order valence-electron chi connectivity index (χ4n) is 6.48. The van der Waals surface area contributed by atoms with Crippen LogP contribution in [0.15, 0.2) is 152 Å². The van der Waals surface area contributed by atoms with Crippen LogP contribution in [0, 0.1) is 6.92 Å². The zero-order chi connectivity index (χ0) is 28.8. The van der Waals surface area contributed by atoms with E-state index in [1.165, 1.54) is 54.6 Å². The third kappa shape index (κ3) is 4.36. The molecule has 0 unspecified atom stereocenters. The van der Waals surface area contributed by atoms with E-state index in [1.54, 1.807) is 0 Å². The highest BCUT2D eigenvalue weighted by atomic mass is 14.7. The van der Waals surface area contributed by atoms with Crippen LogP contribution in [0.2, 0.25) is 0 Å². The fourth-order valence-corrected chi connectivity index (χ4v) is 6.48. The minimum Gasteiger partial charge on any atom is -0.263 e. The predicted molar refractivity (Wildman–Crippen MR) is 181 cm³/mol. The van der Waals surface area contributed by atoms with Gasteiger partial charge in [0.05, 0.1) is 0 Å².